The highest BCUT2D eigenvalue weighted by atomic mass is 35.5. The van der Waals surface area contributed by atoms with E-state index < -0.39 is 5.54 Å². The van der Waals surface area contributed by atoms with Gasteiger partial charge in [-0.2, -0.15) is 0 Å². The lowest BCUT2D eigenvalue weighted by atomic mass is 9.88. The molecule has 0 saturated carbocycles. The maximum Gasteiger partial charge on any atom is 0.240 e. The first-order valence-corrected chi connectivity index (χ1v) is 6.50. The Morgan fingerprint density at radius 2 is 1.80 bits per heavy atom. The van der Waals surface area contributed by atoms with E-state index >= 15 is 0 Å². The first-order valence-electron chi connectivity index (χ1n) is 6.12. The third-order valence-corrected chi connectivity index (χ3v) is 3.57. The third-order valence-electron chi connectivity index (χ3n) is 3.31. The summed E-state index contributed by atoms with van der Waals surface area (Å²) in [4.78, 5) is 12.1. The Balaban J connectivity index is 0.00000180. The number of piperidine rings is 1. The maximum atomic E-state index is 12.1. The number of rotatable bonds is 3. The van der Waals surface area contributed by atoms with Crippen LogP contribution in [0.15, 0.2) is 24.3 Å². The number of hydrogen-bond acceptors (Lipinski definition) is 3. The monoisotopic (exact) mass is 339 g/mol. The summed E-state index contributed by atoms with van der Waals surface area (Å²) >= 11 is 5.80. The van der Waals surface area contributed by atoms with Crippen molar-refractivity contribution in [3.05, 3.63) is 34.9 Å². The van der Waals surface area contributed by atoms with E-state index in [2.05, 4.69) is 10.6 Å². The Hall–Kier alpha value is -0.520. The highest BCUT2D eigenvalue weighted by Crippen LogP contribution is 2.15. The first kappa shape index (κ1) is 19.5. The van der Waals surface area contributed by atoms with Crippen molar-refractivity contribution in [2.75, 3.05) is 13.1 Å². The molecular formula is C13H20Cl3N3O. The van der Waals surface area contributed by atoms with E-state index in [0.29, 0.717) is 24.4 Å². The molecule has 7 heteroatoms. The number of nitrogens with two attached hydrogens (primary N) is 1. The lowest BCUT2D eigenvalue weighted by Crippen LogP contribution is -2.58. The zero-order valence-corrected chi connectivity index (χ0v) is 13.4. The molecule has 0 atom stereocenters. The van der Waals surface area contributed by atoms with Crippen molar-refractivity contribution in [1.29, 1.82) is 0 Å². The second-order valence-electron chi connectivity index (χ2n) is 4.72. The molecule has 4 nitrogen and oxygen atoms in total. The normalized spacial score (nSPS) is 16.5. The van der Waals surface area contributed by atoms with Crippen molar-refractivity contribution in [2.24, 2.45) is 5.73 Å². The molecular weight excluding hydrogens is 321 g/mol. The summed E-state index contributed by atoms with van der Waals surface area (Å²) in [6, 6.07) is 7.42. The SMILES string of the molecule is Cl.Cl.NC1(C(=O)NCc2ccc(Cl)cc2)CCNCC1. The average Bonchev–Trinajstić information content (AvgIpc) is 2.38. The molecule has 1 aromatic carbocycles. The summed E-state index contributed by atoms with van der Waals surface area (Å²) in [6.45, 7) is 2.08. The fraction of sp³-hybridized carbons (Fsp3) is 0.462. The van der Waals surface area contributed by atoms with E-state index in [-0.39, 0.29) is 30.7 Å². The van der Waals surface area contributed by atoms with Crippen LogP contribution in [0.2, 0.25) is 5.02 Å². The molecule has 1 saturated heterocycles. The maximum absolute atomic E-state index is 12.1. The van der Waals surface area contributed by atoms with Gasteiger partial charge in [0.15, 0.2) is 0 Å². The molecule has 2 rings (SSSR count). The third kappa shape index (κ3) is 5.11. The van der Waals surface area contributed by atoms with Crippen molar-refractivity contribution < 1.29 is 4.79 Å². The molecule has 0 unspecified atom stereocenters. The second-order valence-corrected chi connectivity index (χ2v) is 5.15. The lowest BCUT2D eigenvalue weighted by Gasteiger charge is -2.32. The summed E-state index contributed by atoms with van der Waals surface area (Å²) < 4.78 is 0. The summed E-state index contributed by atoms with van der Waals surface area (Å²) in [5.74, 6) is -0.0704. The lowest BCUT2D eigenvalue weighted by molar-refractivity contribution is -0.127. The van der Waals surface area contributed by atoms with E-state index in [1.54, 1.807) is 0 Å². The molecule has 0 aromatic heterocycles. The van der Waals surface area contributed by atoms with E-state index in [0.717, 1.165) is 18.7 Å². The Morgan fingerprint density at radius 3 is 2.35 bits per heavy atom. The molecule has 1 aliphatic heterocycles. The summed E-state index contributed by atoms with van der Waals surface area (Å²) in [5.41, 5.74) is 6.41. The summed E-state index contributed by atoms with van der Waals surface area (Å²) in [6.07, 6.45) is 1.36. The average molecular weight is 341 g/mol. The van der Waals surface area contributed by atoms with E-state index in [1.807, 2.05) is 24.3 Å². The van der Waals surface area contributed by atoms with Crippen LogP contribution in [0.3, 0.4) is 0 Å². The Kier molecular flexibility index (Phi) is 8.47. The van der Waals surface area contributed by atoms with Crippen LogP contribution < -0.4 is 16.4 Å². The zero-order valence-electron chi connectivity index (χ0n) is 11.0. The van der Waals surface area contributed by atoms with Gasteiger partial charge < -0.3 is 16.4 Å². The van der Waals surface area contributed by atoms with Gasteiger partial charge in [0.25, 0.3) is 0 Å². The minimum absolute atomic E-state index is 0. The van der Waals surface area contributed by atoms with Gasteiger partial charge in [0.2, 0.25) is 5.91 Å². The molecule has 0 bridgehead atoms. The van der Waals surface area contributed by atoms with Gasteiger partial charge in [0.05, 0.1) is 5.54 Å². The molecule has 20 heavy (non-hydrogen) atoms. The van der Waals surface area contributed by atoms with Crippen molar-refractivity contribution in [3.8, 4) is 0 Å². The Labute approximate surface area is 136 Å². The zero-order chi connectivity index (χ0) is 13.0. The fourth-order valence-corrected chi connectivity index (χ4v) is 2.19. The highest BCUT2D eigenvalue weighted by Gasteiger charge is 2.34. The predicted octanol–water partition coefficient (Wildman–Crippen LogP) is 1.88. The van der Waals surface area contributed by atoms with Crippen molar-refractivity contribution in [1.82, 2.24) is 10.6 Å². The molecule has 1 amide bonds. The Bertz CT molecular complexity index is 419. The molecule has 0 radical (unpaired) electrons. The molecule has 4 N–H and O–H groups in total. The number of hydrogen-bond donors (Lipinski definition) is 3. The number of halogens is 3. The largest absolute Gasteiger partial charge is 0.350 e. The van der Waals surface area contributed by atoms with Gasteiger partial charge in [0.1, 0.15) is 0 Å². The van der Waals surface area contributed by atoms with Crippen LogP contribution >= 0.6 is 36.4 Å². The molecule has 1 fully saturated rings. The number of carbonyl (C=O) groups is 1. The first-order chi connectivity index (χ1) is 8.60. The molecule has 0 spiro atoms. The van der Waals surface area contributed by atoms with E-state index in [9.17, 15) is 4.79 Å². The van der Waals surface area contributed by atoms with Gasteiger partial charge in [0, 0.05) is 11.6 Å². The van der Waals surface area contributed by atoms with Crippen LogP contribution in [0.5, 0.6) is 0 Å². The van der Waals surface area contributed by atoms with E-state index in [4.69, 9.17) is 17.3 Å². The van der Waals surface area contributed by atoms with Crippen molar-refractivity contribution >= 4 is 42.3 Å². The fourth-order valence-electron chi connectivity index (χ4n) is 2.06. The standard InChI is InChI=1S/C13H18ClN3O.2ClH/c14-11-3-1-10(2-4-11)9-17-12(18)13(15)5-7-16-8-6-13;;/h1-4,16H,5-9,15H2,(H,17,18);2*1H. The van der Waals surface area contributed by atoms with Crippen LogP contribution in [-0.2, 0) is 11.3 Å². The van der Waals surface area contributed by atoms with Crippen LogP contribution in [0.25, 0.3) is 0 Å². The van der Waals surface area contributed by atoms with Gasteiger partial charge >= 0.3 is 0 Å². The van der Waals surface area contributed by atoms with Gasteiger partial charge in [-0.1, -0.05) is 23.7 Å². The van der Waals surface area contributed by atoms with Crippen LogP contribution in [-0.4, -0.2) is 24.5 Å². The summed E-state index contributed by atoms with van der Waals surface area (Å²) in [7, 11) is 0. The number of benzene rings is 1. The van der Waals surface area contributed by atoms with Crippen LogP contribution in [0.4, 0.5) is 0 Å². The minimum atomic E-state index is -0.725. The highest BCUT2D eigenvalue weighted by molar-refractivity contribution is 6.30. The molecule has 114 valence electrons. The van der Waals surface area contributed by atoms with Crippen molar-refractivity contribution in [3.63, 3.8) is 0 Å². The quantitative estimate of drug-likeness (QED) is 0.787. The molecule has 1 aromatic rings. The minimum Gasteiger partial charge on any atom is -0.350 e. The van der Waals surface area contributed by atoms with E-state index in [1.165, 1.54) is 0 Å². The summed E-state index contributed by atoms with van der Waals surface area (Å²) in [5, 5.41) is 6.79. The molecule has 1 aliphatic rings. The Morgan fingerprint density at radius 1 is 1.25 bits per heavy atom. The van der Waals surface area contributed by atoms with Gasteiger partial charge in [-0.25, -0.2) is 0 Å². The molecule has 1 heterocycles. The van der Waals surface area contributed by atoms with Gasteiger partial charge in [-0.3, -0.25) is 4.79 Å². The van der Waals surface area contributed by atoms with Crippen molar-refractivity contribution in [2.45, 2.75) is 24.9 Å². The van der Waals surface area contributed by atoms with Crippen LogP contribution in [0.1, 0.15) is 18.4 Å². The number of carbonyl (C=O) groups excluding carboxylic acids is 1. The predicted molar refractivity (Wildman–Crippen MR) is 86.8 cm³/mol. The molecule has 0 aliphatic carbocycles. The topological polar surface area (TPSA) is 67.2 Å². The smallest absolute Gasteiger partial charge is 0.240 e. The second kappa shape index (κ2) is 8.70. The van der Waals surface area contributed by atoms with Gasteiger partial charge in [-0.05, 0) is 43.6 Å². The van der Waals surface area contributed by atoms with Gasteiger partial charge in [-0.15, -0.1) is 24.8 Å². The van der Waals surface area contributed by atoms with Crippen LogP contribution in [0, 0.1) is 0 Å². The number of nitrogens with one attached hydrogen (secondary N) is 2. The number of amides is 1.